The van der Waals surface area contributed by atoms with Crippen LogP contribution in [-0.2, 0) is 4.79 Å². The number of nitrogens with zero attached hydrogens (tertiary/aromatic N) is 1. The molecule has 1 aromatic carbocycles. The second-order valence-corrected chi connectivity index (χ2v) is 4.04. The Morgan fingerprint density at radius 3 is 2.82 bits per heavy atom. The fraction of sp³-hybridized carbons (Fsp3) is 0.0769. The largest absolute Gasteiger partial charge is 0.325 e. The van der Waals surface area contributed by atoms with Crippen molar-refractivity contribution in [3.8, 4) is 11.3 Å². The number of carbonyl (C=O) groups excluding carboxylic acids is 1. The van der Waals surface area contributed by atoms with Gasteiger partial charge in [-0.05, 0) is 24.3 Å². The maximum atomic E-state index is 11.3. The third-order valence-corrected chi connectivity index (χ3v) is 2.74. The van der Waals surface area contributed by atoms with Gasteiger partial charge in [0.25, 0.3) is 0 Å². The number of nitrogens with one attached hydrogen (secondary N) is 1. The Labute approximate surface area is 108 Å². The Morgan fingerprint density at radius 1 is 1.24 bits per heavy atom. The van der Waals surface area contributed by atoms with Crippen molar-refractivity contribution in [2.75, 3.05) is 10.6 Å². The summed E-state index contributed by atoms with van der Waals surface area (Å²) in [5, 5.41) is 3.08. The third kappa shape index (κ3) is 3.14. The van der Waals surface area contributed by atoms with Gasteiger partial charge >= 0.3 is 0 Å². The van der Waals surface area contributed by atoms with Crippen LogP contribution in [0, 0.1) is 0 Å². The molecule has 0 fully saturated rings. The van der Waals surface area contributed by atoms with Crippen LogP contribution in [0.1, 0.15) is 0 Å². The van der Waals surface area contributed by atoms with Crippen molar-refractivity contribution in [2.24, 2.45) is 0 Å². The number of alkyl halides is 1. The fourth-order valence-electron chi connectivity index (χ4n) is 1.48. The molecule has 1 aromatic heterocycles. The van der Waals surface area contributed by atoms with E-state index in [0.29, 0.717) is 5.33 Å². The Balaban J connectivity index is 2.26. The number of carbonyl (C=O) groups is 1. The van der Waals surface area contributed by atoms with E-state index in [1.807, 2.05) is 42.5 Å². The first kappa shape index (κ1) is 11.8. The molecule has 0 unspecified atom stereocenters. The first-order chi connectivity index (χ1) is 8.29. The highest BCUT2D eigenvalue weighted by atomic mass is 79.9. The number of amides is 1. The summed E-state index contributed by atoms with van der Waals surface area (Å²) in [6.45, 7) is 0. The van der Waals surface area contributed by atoms with Gasteiger partial charge in [0.2, 0.25) is 5.91 Å². The Bertz CT molecular complexity index is 514. The molecule has 0 atom stereocenters. The fourth-order valence-corrected chi connectivity index (χ4v) is 1.62. The number of pyridine rings is 1. The smallest absolute Gasteiger partial charge is 0.235 e. The lowest BCUT2D eigenvalue weighted by Gasteiger charge is -2.05. The maximum Gasteiger partial charge on any atom is 0.235 e. The Hall–Kier alpha value is -1.68. The van der Waals surface area contributed by atoms with Gasteiger partial charge in [0.05, 0.1) is 11.0 Å². The average molecular weight is 291 g/mol. The van der Waals surface area contributed by atoms with E-state index in [-0.39, 0.29) is 5.91 Å². The van der Waals surface area contributed by atoms with Gasteiger partial charge in [0, 0.05) is 17.4 Å². The first-order valence-corrected chi connectivity index (χ1v) is 6.29. The molecule has 0 spiro atoms. The zero-order chi connectivity index (χ0) is 12.1. The molecule has 17 heavy (non-hydrogen) atoms. The highest BCUT2D eigenvalue weighted by Crippen LogP contribution is 2.20. The number of anilines is 1. The van der Waals surface area contributed by atoms with Crippen molar-refractivity contribution in [1.82, 2.24) is 4.98 Å². The molecule has 0 saturated heterocycles. The number of hydrogen-bond donors (Lipinski definition) is 1. The number of aromatic nitrogens is 1. The minimum Gasteiger partial charge on any atom is -0.325 e. The van der Waals surface area contributed by atoms with Gasteiger partial charge in [-0.3, -0.25) is 9.78 Å². The van der Waals surface area contributed by atoms with Crippen LogP contribution in [-0.4, -0.2) is 16.2 Å². The van der Waals surface area contributed by atoms with Gasteiger partial charge < -0.3 is 5.32 Å². The van der Waals surface area contributed by atoms with Crippen molar-refractivity contribution in [3.63, 3.8) is 0 Å². The average Bonchev–Trinajstić information content (AvgIpc) is 2.40. The van der Waals surface area contributed by atoms with Crippen LogP contribution in [0.3, 0.4) is 0 Å². The molecular formula is C13H11BrN2O. The zero-order valence-corrected chi connectivity index (χ0v) is 10.6. The number of hydrogen-bond acceptors (Lipinski definition) is 2. The Kier molecular flexibility index (Phi) is 3.88. The second-order valence-electron chi connectivity index (χ2n) is 3.48. The van der Waals surface area contributed by atoms with Gasteiger partial charge in [0.15, 0.2) is 0 Å². The third-order valence-electron chi connectivity index (χ3n) is 2.23. The van der Waals surface area contributed by atoms with Crippen molar-refractivity contribution in [1.29, 1.82) is 0 Å². The van der Waals surface area contributed by atoms with E-state index in [0.717, 1.165) is 16.9 Å². The summed E-state index contributed by atoms with van der Waals surface area (Å²) in [4.78, 5) is 15.5. The van der Waals surface area contributed by atoms with Gasteiger partial charge in [-0.15, -0.1) is 0 Å². The van der Waals surface area contributed by atoms with Gasteiger partial charge in [-0.1, -0.05) is 34.1 Å². The highest BCUT2D eigenvalue weighted by molar-refractivity contribution is 9.09. The number of benzene rings is 1. The van der Waals surface area contributed by atoms with Crippen molar-refractivity contribution >= 4 is 27.5 Å². The van der Waals surface area contributed by atoms with Gasteiger partial charge in [-0.25, -0.2) is 0 Å². The summed E-state index contributed by atoms with van der Waals surface area (Å²) in [6, 6.07) is 13.4. The summed E-state index contributed by atoms with van der Waals surface area (Å²) >= 11 is 3.11. The summed E-state index contributed by atoms with van der Waals surface area (Å²) in [7, 11) is 0. The molecule has 2 aromatic rings. The first-order valence-electron chi connectivity index (χ1n) is 5.17. The number of rotatable bonds is 3. The molecule has 3 nitrogen and oxygen atoms in total. The summed E-state index contributed by atoms with van der Waals surface area (Å²) in [5.74, 6) is -0.0665. The molecule has 0 bridgehead atoms. The van der Waals surface area contributed by atoms with E-state index < -0.39 is 0 Å². The molecule has 2 rings (SSSR count). The number of halogens is 1. The molecule has 0 radical (unpaired) electrons. The van der Waals surface area contributed by atoms with Gasteiger partial charge in [0.1, 0.15) is 0 Å². The lowest BCUT2D eigenvalue weighted by atomic mass is 10.1. The van der Waals surface area contributed by atoms with E-state index in [1.165, 1.54) is 0 Å². The van der Waals surface area contributed by atoms with Crippen LogP contribution in [0.5, 0.6) is 0 Å². The molecule has 0 saturated carbocycles. The molecule has 1 heterocycles. The van der Waals surface area contributed by atoms with E-state index in [1.54, 1.807) is 6.20 Å². The molecule has 1 N–H and O–H groups in total. The van der Waals surface area contributed by atoms with Crippen LogP contribution in [0.25, 0.3) is 11.3 Å². The zero-order valence-electron chi connectivity index (χ0n) is 9.06. The molecule has 0 aliphatic carbocycles. The van der Waals surface area contributed by atoms with Crippen molar-refractivity contribution < 1.29 is 4.79 Å². The van der Waals surface area contributed by atoms with Crippen LogP contribution in [0.2, 0.25) is 0 Å². The summed E-state index contributed by atoms with van der Waals surface area (Å²) < 4.78 is 0. The minimum atomic E-state index is -0.0665. The normalized spacial score (nSPS) is 9.94. The van der Waals surface area contributed by atoms with E-state index >= 15 is 0 Å². The molecular weight excluding hydrogens is 280 g/mol. The Morgan fingerprint density at radius 2 is 2.12 bits per heavy atom. The molecule has 4 heteroatoms. The van der Waals surface area contributed by atoms with Gasteiger partial charge in [-0.2, -0.15) is 0 Å². The highest BCUT2D eigenvalue weighted by Gasteiger charge is 2.02. The summed E-state index contributed by atoms with van der Waals surface area (Å²) in [6.07, 6.45) is 1.75. The molecule has 0 aliphatic rings. The van der Waals surface area contributed by atoms with E-state index in [2.05, 4.69) is 26.2 Å². The molecule has 1 amide bonds. The van der Waals surface area contributed by atoms with Crippen LogP contribution >= 0.6 is 15.9 Å². The van der Waals surface area contributed by atoms with Crippen molar-refractivity contribution in [3.05, 3.63) is 48.7 Å². The second kappa shape index (κ2) is 5.59. The standard InChI is InChI=1S/C13H11BrN2O/c14-9-13(17)16-11-5-3-4-10(8-11)12-6-1-2-7-15-12/h1-8H,9H2,(H,16,17). The lowest BCUT2D eigenvalue weighted by molar-refractivity contribution is -0.113. The monoisotopic (exact) mass is 290 g/mol. The topological polar surface area (TPSA) is 42.0 Å². The van der Waals surface area contributed by atoms with E-state index in [9.17, 15) is 4.79 Å². The maximum absolute atomic E-state index is 11.3. The predicted molar refractivity (Wildman–Crippen MR) is 72.1 cm³/mol. The minimum absolute atomic E-state index is 0.0665. The summed E-state index contributed by atoms with van der Waals surface area (Å²) in [5.41, 5.74) is 2.65. The van der Waals surface area contributed by atoms with Crippen LogP contribution in [0.15, 0.2) is 48.7 Å². The van der Waals surface area contributed by atoms with Crippen molar-refractivity contribution in [2.45, 2.75) is 0 Å². The molecule has 0 aliphatic heterocycles. The van der Waals surface area contributed by atoms with E-state index in [4.69, 9.17) is 0 Å². The quantitative estimate of drug-likeness (QED) is 0.883. The van der Waals surface area contributed by atoms with Crippen LogP contribution in [0.4, 0.5) is 5.69 Å². The molecule has 86 valence electrons. The SMILES string of the molecule is O=C(CBr)Nc1cccc(-c2ccccn2)c1. The van der Waals surface area contributed by atoms with Crippen LogP contribution < -0.4 is 5.32 Å². The lowest BCUT2D eigenvalue weighted by Crippen LogP contribution is -2.12. The predicted octanol–water partition coefficient (Wildman–Crippen LogP) is 3.08.